The van der Waals surface area contributed by atoms with E-state index in [4.69, 9.17) is 15.0 Å². The average Bonchev–Trinajstić information content (AvgIpc) is 2.82. The van der Waals surface area contributed by atoms with Gasteiger partial charge in [0.15, 0.2) is 5.82 Å². The molecule has 6 heteroatoms. The van der Waals surface area contributed by atoms with Crippen molar-refractivity contribution in [3.63, 3.8) is 0 Å². The lowest BCUT2D eigenvalue weighted by Crippen LogP contribution is -2.14. The molecule has 0 bridgehead atoms. The number of nitrogens with two attached hydrogens (primary N) is 1. The smallest absolute Gasteiger partial charge is 0.257 e. The number of nitrogens with zero attached hydrogens (tertiary/aromatic N) is 2. The molecule has 1 aromatic carbocycles. The van der Waals surface area contributed by atoms with Crippen molar-refractivity contribution in [2.75, 3.05) is 13.7 Å². The Morgan fingerprint density at radius 1 is 1.44 bits per heavy atom. The lowest BCUT2D eigenvalue weighted by Gasteiger charge is -2.05. The Kier molecular flexibility index (Phi) is 4.01. The van der Waals surface area contributed by atoms with Gasteiger partial charge in [0, 0.05) is 20.1 Å². The van der Waals surface area contributed by atoms with Crippen LogP contribution in [0.5, 0.6) is 0 Å². The topological polar surface area (TPSA) is 74.2 Å². The first-order chi connectivity index (χ1) is 8.74. The minimum atomic E-state index is -0.424. The highest BCUT2D eigenvalue weighted by molar-refractivity contribution is 5.20. The lowest BCUT2D eigenvalue weighted by molar-refractivity contribution is 0.0804. The van der Waals surface area contributed by atoms with E-state index in [-0.39, 0.29) is 18.8 Å². The molecule has 1 aromatic heterocycles. The summed E-state index contributed by atoms with van der Waals surface area (Å²) in [4.78, 5) is 4.14. The highest BCUT2D eigenvalue weighted by atomic mass is 19.1. The second-order valence-electron chi connectivity index (χ2n) is 3.78. The Hall–Kier alpha value is -1.79. The maximum atomic E-state index is 13.4. The van der Waals surface area contributed by atoms with Gasteiger partial charge in [-0.25, -0.2) is 4.39 Å². The molecule has 0 aliphatic heterocycles. The van der Waals surface area contributed by atoms with Crippen molar-refractivity contribution >= 4 is 0 Å². The van der Waals surface area contributed by atoms with Crippen LogP contribution in [-0.2, 0) is 11.2 Å². The summed E-state index contributed by atoms with van der Waals surface area (Å²) in [5.41, 5.74) is 6.01. The van der Waals surface area contributed by atoms with Crippen LogP contribution in [0, 0.1) is 5.82 Å². The number of hydrogen-bond acceptors (Lipinski definition) is 5. The first-order valence-electron chi connectivity index (χ1n) is 5.53. The van der Waals surface area contributed by atoms with Gasteiger partial charge in [0.1, 0.15) is 11.9 Å². The summed E-state index contributed by atoms with van der Waals surface area (Å²) in [5, 5.41) is 3.78. The van der Waals surface area contributed by atoms with E-state index in [0.717, 1.165) is 0 Å². The predicted octanol–water partition coefficient (Wildman–Crippen LogP) is 1.45. The van der Waals surface area contributed by atoms with Crippen LogP contribution in [0.4, 0.5) is 4.39 Å². The van der Waals surface area contributed by atoms with E-state index in [1.54, 1.807) is 18.2 Å². The molecule has 2 N–H and O–H groups in total. The number of rotatable bonds is 5. The van der Waals surface area contributed by atoms with E-state index in [9.17, 15) is 4.39 Å². The van der Waals surface area contributed by atoms with Gasteiger partial charge in [-0.1, -0.05) is 23.4 Å². The predicted molar refractivity (Wildman–Crippen MR) is 62.3 cm³/mol. The van der Waals surface area contributed by atoms with Gasteiger partial charge in [-0.15, -0.1) is 0 Å². The van der Waals surface area contributed by atoms with E-state index >= 15 is 0 Å². The Balaban J connectivity index is 2.14. The minimum Gasteiger partial charge on any atom is -0.370 e. The zero-order valence-corrected chi connectivity index (χ0v) is 9.97. The van der Waals surface area contributed by atoms with E-state index in [2.05, 4.69) is 10.1 Å². The number of hydrogen-bond donors (Lipinski definition) is 1. The maximum absolute atomic E-state index is 13.4. The fourth-order valence-corrected chi connectivity index (χ4v) is 1.58. The Labute approximate surface area is 104 Å². The molecule has 0 amide bonds. The Morgan fingerprint density at radius 3 is 2.89 bits per heavy atom. The third-order valence-electron chi connectivity index (χ3n) is 2.56. The van der Waals surface area contributed by atoms with Crippen LogP contribution in [0.3, 0.4) is 0 Å². The molecule has 0 fully saturated rings. The maximum Gasteiger partial charge on any atom is 0.257 e. The molecule has 1 unspecified atom stereocenters. The van der Waals surface area contributed by atoms with Gasteiger partial charge in [-0.2, -0.15) is 4.98 Å². The number of aromatic nitrogens is 2. The molecule has 0 saturated heterocycles. The SMILES string of the molecule is COC(CN)c1nc(Cc2ccccc2F)no1. The highest BCUT2D eigenvalue weighted by Crippen LogP contribution is 2.15. The molecule has 1 atom stereocenters. The largest absolute Gasteiger partial charge is 0.370 e. The average molecular weight is 251 g/mol. The van der Waals surface area contributed by atoms with Gasteiger partial charge >= 0.3 is 0 Å². The van der Waals surface area contributed by atoms with E-state index < -0.39 is 6.10 Å². The summed E-state index contributed by atoms with van der Waals surface area (Å²) < 4.78 is 23.6. The monoisotopic (exact) mass is 251 g/mol. The molecule has 0 spiro atoms. The Bertz CT molecular complexity index is 512. The molecule has 2 aromatic rings. The van der Waals surface area contributed by atoms with Crippen LogP contribution in [0.15, 0.2) is 28.8 Å². The molecular weight excluding hydrogens is 237 g/mol. The summed E-state index contributed by atoms with van der Waals surface area (Å²) in [5.74, 6) is 0.433. The van der Waals surface area contributed by atoms with E-state index in [0.29, 0.717) is 17.3 Å². The quantitative estimate of drug-likeness (QED) is 0.870. The van der Waals surface area contributed by atoms with Crippen molar-refractivity contribution < 1.29 is 13.7 Å². The summed E-state index contributed by atoms with van der Waals surface area (Å²) in [6.07, 6.45) is -0.149. The summed E-state index contributed by atoms with van der Waals surface area (Å²) in [7, 11) is 1.51. The summed E-state index contributed by atoms with van der Waals surface area (Å²) in [6.45, 7) is 0.248. The molecular formula is C12H14FN3O2. The zero-order valence-electron chi connectivity index (χ0n) is 9.97. The molecule has 0 aliphatic carbocycles. The standard InChI is InChI=1S/C12H14FN3O2/c1-17-10(7-14)12-15-11(16-18-12)6-8-4-2-3-5-9(8)13/h2-5,10H,6-7,14H2,1H3. The van der Waals surface area contributed by atoms with Crippen molar-refractivity contribution in [3.8, 4) is 0 Å². The fourth-order valence-electron chi connectivity index (χ4n) is 1.58. The number of halogens is 1. The van der Waals surface area contributed by atoms with Crippen LogP contribution in [0.1, 0.15) is 23.4 Å². The van der Waals surface area contributed by atoms with Crippen LogP contribution >= 0.6 is 0 Å². The van der Waals surface area contributed by atoms with Crippen molar-refractivity contribution in [1.29, 1.82) is 0 Å². The fraction of sp³-hybridized carbons (Fsp3) is 0.333. The van der Waals surface area contributed by atoms with Gasteiger partial charge in [-0.3, -0.25) is 0 Å². The van der Waals surface area contributed by atoms with E-state index in [1.807, 2.05) is 0 Å². The molecule has 2 rings (SSSR count). The van der Waals surface area contributed by atoms with Crippen molar-refractivity contribution in [3.05, 3.63) is 47.4 Å². The van der Waals surface area contributed by atoms with Crippen molar-refractivity contribution in [2.45, 2.75) is 12.5 Å². The minimum absolute atomic E-state index is 0.248. The number of benzene rings is 1. The van der Waals surface area contributed by atoms with Gasteiger partial charge in [0.2, 0.25) is 0 Å². The zero-order chi connectivity index (χ0) is 13.0. The lowest BCUT2D eigenvalue weighted by atomic mass is 10.1. The first-order valence-corrected chi connectivity index (χ1v) is 5.53. The van der Waals surface area contributed by atoms with Crippen molar-refractivity contribution in [1.82, 2.24) is 10.1 Å². The first kappa shape index (κ1) is 12.7. The Morgan fingerprint density at radius 2 is 2.22 bits per heavy atom. The van der Waals surface area contributed by atoms with Crippen molar-refractivity contribution in [2.24, 2.45) is 5.73 Å². The molecule has 18 heavy (non-hydrogen) atoms. The van der Waals surface area contributed by atoms with Crippen LogP contribution in [-0.4, -0.2) is 23.8 Å². The van der Waals surface area contributed by atoms with E-state index in [1.165, 1.54) is 13.2 Å². The highest BCUT2D eigenvalue weighted by Gasteiger charge is 2.17. The second-order valence-corrected chi connectivity index (χ2v) is 3.78. The summed E-state index contributed by atoms with van der Waals surface area (Å²) in [6, 6.07) is 6.48. The van der Waals surface area contributed by atoms with Gasteiger partial charge in [0.25, 0.3) is 5.89 Å². The number of methoxy groups -OCH3 is 1. The molecule has 0 saturated carbocycles. The third kappa shape index (κ3) is 2.72. The van der Waals surface area contributed by atoms with Crippen LogP contribution in [0.2, 0.25) is 0 Å². The molecule has 96 valence electrons. The molecule has 5 nitrogen and oxygen atoms in total. The third-order valence-corrected chi connectivity index (χ3v) is 2.56. The van der Waals surface area contributed by atoms with Gasteiger partial charge in [0.05, 0.1) is 0 Å². The van der Waals surface area contributed by atoms with Gasteiger partial charge in [-0.05, 0) is 11.6 Å². The van der Waals surface area contributed by atoms with Gasteiger partial charge < -0.3 is 15.0 Å². The summed E-state index contributed by atoms with van der Waals surface area (Å²) >= 11 is 0. The molecule has 1 heterocycles. The molecule has 0 aliphatic rings. The normalized spacial score (nSPS) is 12.6. The second kappa shape index (κ2) is 5.70. The number of ether oxygens (including phenoxy) is 1. The van der Waals surface area contributed by atoms with Crippen LogP contribution in [0.25, 0.3) is 0 Å². The molecule has 0 radical (unpaired) electrons. The van der Waals surface area contributed by atoms with Crippen LogP contribution < -0.4 is 5.73 Å².